The van der Waals surface area contributed by atoms with Gasteiger partial charge in [0, 0.05) is 25.3 Å². The summed E-state index contributed by atoms with van der Waals surface area (Å²) in [5, 5.41) is 17.7. The van der Waals surface area contributed by atoms with Crippen LogP contribution in [0.25, 0.3) is 0 Å². The van der Waals surface area contributed by atoms with Gasteiger partial charge in [0.1, 0.15) is 5.75 Å². The number of hydrogen-bond donors (Lipinski definition) is 2. The molecule has 0 spiro atoms. The fourth-order valence-corrected chi connectivity index (χ4v) is 1.12. The molecule has 1 aromatic rings. The lowest BCUT2D eigenvalue weighted by molar-refractivity contribution is -0.136. The molecule has 0 saturated carbocycles. The molecular formula is C10H13NO3. The van der Waals surface area contributed by atoms with E-state index in [-0.39, 0.29) is 12.2 Å². The molecule has 0 aliphatic carbocycles. The Morgan fingerprint density at radius 3 is 2.79 bits per heavy atom. The zero-order valence-corrected chi connectivity index (χ0v) is 7.97. The largest absolute Gasteiger partial charge is 0.508 e. The van der Waals surface area contributed by atoms with Crippen molar-refractivity contribution < 1.29 is 15.0 Å². The minimum absolute atomic E-state index is 0.0894. The van der Waals surface area contributed by atoms with Gasteiger partial charge >= 0.3 is 5.97 Å². The minimum atomic E-state index is -0.822. The fraction of sp³-hybridized carbons (Fsp3) is 0.300. The summed E-state index contributed by atoms with van der Waals surface area (Å²) in [6, 6.07) is 6.72. The van der Waals surface area contributed by atoms with Crippen LogP contribution in [-0.2, 0) is 4.79 Å². The Morgan fingerprint density at radius 1 is 1.50 bits per heavy atom. The number of carboxylic acids is 1. The van der Waals surface area contributed by atoms with Gasteiger partial charge < -0.3 is 15.1 Å². The topological polar surface area (TPSA) is 60.8 Å². The van der Waals surface area contributed by atoms with Crippen molar-refractivity contribution in [1.29, 1.82) is 0 Å². The number of phenols is 1. The van der Waals surface area contributed by atoms with Gasteiger partial charge in [-0.1, -0.05) is 6.07 Å². The summed E-state index contributed by atoms with van der Waals surface area (Å²) in [6.07, 6.45) is 0.0894. The van der Waals surface area contributed by atoms with E-state index >= 15 is 0 Å². The monoisotopic (exact) mass is 195 g/mol. The zero-order chi connectivity index (χ0) is 10.6. The molecule has 0 aliphatic heterocycles. The van der Waals surface area contributed by atoms with Crippen LogP contribution in [0.15, 0.2) is 24.3 Å². The number of anilines is 1. The molecule has 0 amide bonds. The van der Waals surface area contributed by atoms with Gasteiger partial charge in [-0.3, -0.25) is 4.79 Å². The Kier molecular flexibility index (Phi) is 3.34. The maximum Gasteiger partial charge on any atom is 0.305 e. The predicted molar refractivity (Wildman–Crippen MR) is 53.6 cm³/mol. The van der Waals surface area contributed by atoms with E-state index in [0.29, 0.717) is 6.54 Å². The molecule has 0 radical (unpaired) electrons. The Hall–Kier alpha value is -1.71. The van der Waals surface area contributed by atoms with Crippen LogP contribution in [0.4, 0.5) is 5.69 Å². The molecule has 0 fully saturated rings. The molecule has 1 aromatic carbocycles. The summed E-state index contributed by atoms with van der Waals surface area (Å²) < 4.78 is 0. The van der Waals surface area contributed by atoms with Crippen molar-refractivity contribution in [3.05, 3.63) is 24.3 Å². The van der Waals surface area contributed by atoms with E-state index in [2.05, 4.69) is 0 Å². The lowest BCUT2D eigenvalue weighted by atomic mass is 10.2. The molecule has 76 valence electrons. The van der Waals surface area contributed by atoms with E-state index in [4.69, 9.17) is 5.11 Å². The van der Waals surface area contributed by atoms with Gasteiger partial charge in [0.15, 0.2) is 0 Å². The number of hydrogen-bond acceptors (Lipinski definition) is 3. The quantitative estimate of drug-likeness (QED) is 0.760. The molecular weight excluding hydrogens is 182 g/mol. The summed E-state index contributed by atoms with van der Waals surface area (Å²) >= 11 is 0. The molecule has 14 heavy (non-hydrogen) atoms. The van der Waals surface area contributed by atoms with Crippen molar-refractivity contribution >= 4 is 11.7 Å². The van der Waals surface area contributed by atoms with Crippen LogP contribution < -0.4 is 4.90 Å². The number of aliphatic carboxylic acids is 1. The number of benzene rings is 1. The lowest BCUT2D eigenvalue weighted by Gasteiger charge is -2.18. The van der Waals surface area contributed by atoms with Gasteiger partial charge in [-0.15, -0.1) is 0 Å². The Bertz CT molecular complexity index is 325. The fourth-order valence-electron chi connectivity index (χ4n) is 1.12. The summed E-state index contributed by atoms with van der Waals surface area (Å²) in [5.74, 6) is -0.637. The molecule has 0 aliphatic rings. The summed E-state index contributed by atoms with van der Waals surface area (Å²) in [7, 11) is 1.79. The van der Waals surface area contributed by atoms with Gasteiger partial charge in [0.05, 0.1) is 6.42 Å². The van der Waals surface area contributed by atoms with Crippen LogP contribution in [0, 0.1) is 0 Å². The highest BCUT2D eigenvalue weighted by Crippen LogP contribution is 2.18. The Balaban J connectivity index is 2.60. The highest BCUT2D eigenvalue weighted by molar-refractivity contribution is 5.67. The van der Waals surface area contributed by atoms with Crippen LogP contribution in [0.1, 0.15) is 6.42 Å². The molecule has 0 heterocycles. The Labute approximate surface area is 82.4 Å². The second kappa shape index (κ2) is 4.50. The number of carbonyl (C=O) groups is 1. The summed E-state index contributed by atoms with van der Waals surface area (Å²) in [6.45, 7) is 0.429. The molecule has 0 saturated heterocycles. The maximum absolute atomic E-state index is 10.3. The van der Waals surface area contributed by atoms with Crippen molar-refractivity contribution in [2.75, 3.05) is 18.5 Å². The number of nitrogens with zero attached hydrogens (tertiary/aromatic N) is 1. The van der Waals surface area contributed by atoms with Crippen LogP contribution in [0.5, 0.6) is 5.75 Å². The van der Waals surface area contributed by atoms with Crippen LogP contribution in [-0.4, -0.2) is 29.8 Å². The second-order valence-electron chi connectivity index (χ2n) is 3.09. The highest BCUT2D eigenvalue weighted by atomic mass is 16.4. The number of rotatable bonds is 4. The van der Waals surface area contributed by atoms with Crippen molar-refractivity contribution in [1.82, 2.24) is 0 Å². The standard InChI is InChI=1S/C10H13NO3/c1-11(6-5-10(13)14)8-3-2-4-9(12)7-8/h2-4,7,12H,5-6H2,1H3,(H,13,14). The molecule has 4 heteroatoms. The van der Waals surface area contributed by atoms with E-state index in [9.17, 15) is 9.90 Å². The van der Waals surface area contributed by atoms with Gasteiger partial charge in [-0.2, -0.15) is 0 Å². The van der Waals surface area contributed by atoms with Crippen LogP contribution in [0.2, 0.25) is 0 Å². The summed E-state index contributed by atoms with van der Waals surface area (Å²) in [5.41, 5.74) is 0.811. The van der Waals surface area contributed by atoms with Crippen LogP contribution >= 0.6 is 0 Å². The first-order chi connectivity index (χ1) is 6.59. The van der Waals surface area contributed by atoms with Crippen LogP contribution in [0.3, 0.4) is 0 Å². The van der Waals surface area contributed by atoms with E-state index in [1.165, 1.54) is 0 Å². The zero-order valence-electron chi connectivity index (χ0n) is 7.97. The third-order valence-electron chi connectivity index (χ3n) is 1.93. The maximum atomic E-state index is 10.3. The average molecular weight is 195 g/mol. The number of phenolic OH excluding ortho intramolecular Hbond substituents is 1. The van der Waals surface area contributed by atoms with Crippen molar-refractivity contribution in [2.24, 2.45) is 0 Å². The molecule has 1 rings (SSSR count). The third kappa shape index (κ3) is 2.97. The van der Waals surface area contributed by atoms with Gasteiger partial charge in [-0.05, 0) is 12.1 Å². The smallest absolute Gasteiger partial charge is 0.305 e. The van der Waals surface area contributed by atoms with Gasteiger partial charge in [0.2, 0.25) is 0 Å². The van der Waals surface area contributed by atoms with Crippen molar-refractivity contribution in [2.45, 2.75) is 6.42 Å². The molecule has 0 unspecified atom stereocenters. The minimum Gasteiger partial charge on any atom is -0.508 e. The van der Waals surface area contributed by atoms with E-state index < -0.39 is 5.97 Å². The Morgan fingerprint density at radius 2 is 2.21 bits per heavy atom. The lowest BCUT2D eigenvalue weighted by Crippen LogP contribution is -2.20. The first-order valence-corrected chi connectivity index (χ1v) is 4.31. The normalized spacial score (nSPS) is 9.79. The van der Waals surface area contributed by atoms with E-state index in [1.54, 1.807) is 30.1 Å². The van der Waals surface area contributed by atoms with Gasteiger partial charge in [0.25, 0.3) is 0 Å². The molecule has 0 bridgehead atoms. The van der Waals surface area contributed by atoms with Crippen molar-refractivity contribution in [3.63, 3.8) is 0 Å². The average Bonchev–Trinajstić information content (AvgIpc) is 2.14. The second-order valence-corrected chi connectivity index (χ2v) is 3.09. The van der Waals surface area contributed by atoms with E-state index in [1.807, 2.05) is 6.07 Å². The number of aromatic hydroxyl groups is 1. The molecule has 0 atom stereocenters. The summed E-state index contributed by atoms with van der Waals surface area (Å²) in [4.78, 5) is 12.1. The number of carboxylic acid groups (broad SMARTS) is 1. The first kappa shape index (κ1) is 10.4. The van der Waals surface area contributed by atoms with E-state index in [0.717, 1.165) is 5.69 Å². The highest BCUT2D eigenvalue weighted by Gasteiger charge is 2.03. The predicted octanol–water partition coefficient (Wildman–Crippen LogP) is 1.30. The molecule has 0 aromatic heterocycles. The molecule has 4 nitrogen and oxygen atoms in total. The molecule has 2 N–H and O–H groups in total. The SMILES string of the molecule is CN(CCC(=O)O)c1cccc(O)c1. The van der Waals surface area contributed by atoms with Gasteiger partial charge in [-0.25, -0.2) is 0 Å². The third-order valence-corrected chi connectivity index (χ3v) is 1.93. The van der Waals surface area contributed by atoms with Crippen molar-refractivity contribution in [3.8, 4) is 5.75 Å². The first-order valence-electron chi connectivity index (χ1n) is 4.31.